The van der Waals surface area contributed by atoms with Gasteiger partial charge in [-0.3, -0.25) is 4.79 Å². The van der Waals surface area contributed by atoms with Crippen molar-refractivity contribution in [2.45, 2.75) is 25.1 Å². The summed E-state index contributed by atoms with van der Waals surface area (Å²) in [5.74, 6) is -0.0853. The largest absolute Gasteiger partial charge is 0.497 e. The number of hydrogen-bond acceptors (Lipinski definition) is 4. The number of rotatable bonds is 7. The quantitative estimate of drug-likeness (QED) is 0.666. The molecule has 0 aromatic heterocycles. The summed E-state index contributed by atoms with van der Waals surface area (Å²) in [5, 5.41) is 3.54. The molecule has 0 radical (unpaired) electrons. The van der Waals surface area contributed by atoms with E-state index in [0.29, 0.717) is 41.5 Å². The van der Waals surface area contributed by atoms with Gasteiger partial charge in [-0.05, 0) is 42.7 Å². The van der Waals surface area contributed by atoms with Crippen LogP contribution in [0.25, 0.3) is 0 Å². The van der Waals surface area contributed by atoms with Crippen LogP contribution >= 0.6 is 23.2 Å². The van der Waals surface area contributed by atoms with Crippen LogP contribution < -0.4 is 10.1 Å². The standard InChI is InChI=1S/C21H24Cl2N2O4S/c1-29-17-9-7-15(8-10-17)12-24-21(26)16-4-3-11-25(13-16)30(27,28)14-18-19(22)5-2-6-20(18)23/h2,5-10,16H,3-4,11-14H2,1H3,(H,24,26). The van der Waals surface area contributed by atoms with Gasteiger partial charge in [0.15, 0.2) is 0 Å². The Balaban J connectivity index is 1.61. The number of carbonyl (C=O) groups excluding carboxylic acids is 1. The first-order valence-corrected chi connectivity index (χ1v) is 12.0. The van der Waals surface area contributed by atoms with Crippen LogP contribution in [-0.4, -0.2) is 38.8 Å². The fourth-order valence-electron chi connectivity index (χ4n) is 3.43. The molecule has 1 heterocycles. The molecule has 1 aliphatic heterocycles. The molecule has 1 aliphatic rings. The van der Waals surface area contributed by atoms with Gasteiger partial charge in [0.05, 0.1) is 18.8 Å². The number of nitrogens with zero attached hydrogens (tertiary/aromatic N) is 1. The van der Waals surface area contributed by atoms with Gasteiger partial charge in [0.2, 0.25) is 15.9 Å². The third-order valence-electron chi connectivity index (χ3n) is 5.16. The Bertz CT molecular complexity index is 976. The van der Waals surface area contributed by atoms with Crippen molar-refractivity contribution in [2.75, 3.05) is 20.2 Å². The SMILES string of the molecule is COc1ccc(CNC(=O)C2CCCN(S(=O)(=O)Cc3c(Cl)cccc3Cl)C2)cc1. The molecule has 1 fully saturated rings. The van der Waals surface area contributed by atoms with Crippen molar-refractivity contribution in [2.24, 2.45) is 5.92 Å². The Morgan fingerprint density at radius 2 is 1.83 bits per heavy atom. The maximum Gasteiger partial charge on any atom is 0.224 e. The zero-order chi connectivity index (χ0) is 21.7. The van der Waals surface area contributed by atoms with E-state index in [1.54, 1.807) is 25.3 Å². The van der Waals surface area contributed by atoms with E-state index in [2.05, 4.69) is 5.32 Å². The van der Waals surface area contributed by atoms with E-state index in [1.807, 2.05) is 24.3 Å². The predicted octanol–water partition coefficient (Wildman–Crippen LogP) is 3.86. The molecular formula is C21H24Cl2N2O4S. The van der Waals surface area contributed by atoms with E-state index in [1.165, 1.54) is 4.31 Å². The summed E-state index contributed by atoms with van der Waals surface area (Å²) in [7, 11) is -2.06. The molecule has 9 heteroatoms. The number of hydrogen-bond donors (Lipinski definition) is 1. The number of amides is 1. The predicted molar refractivity (Wildman–Crippen MR) is 118 cm³/mol. The molecular weight excluding hydrogens is 447 g/mol. The molecule has 2 aromatic rings. The van der Waals surface area contributed by atoms with Crippen LogP contribution in [0.5, 0.6) is 5.75 Å². The molecule has 0 aliphatic carbocycles. The van der Waals surface area contributed by atoms with Gasteiger partial charge in [0.1, 0.15) is 5.75 Å². The average Bonchev–Trinajstić information content (AvgIpc) is 2.75. The highest BCUT2D eigenvalue weighted by molar-refractivity contribution is 7.88. The Morgan fingerprint density at radius 3 is 2.47 bits per heavy atom. The number of methoxy groups -OCH3 is 1. The monoisotopic (exact) mass is 470 g/mol. The van der Waals surface area contributed by atoms with Gasteiger partial charge in [0, 0.05) is 35.2 Å². The van der Waals surface area contributed by atoms with Gasteiger partial charge in [-0.25, -0.2) is 12.7 Å². The molecule has 1 saturated heterocycles. The van der Waals surface area contributed by atoms with Crippen LogP contribution in [0.2, 0.25) is 10.0 Å². The molecule has 1 atom stereocenters. The summed E-state index contributed by atoms with van der Waals surface area (Å²) in [5.41, 5.74) is 1.32. The number of nitrogens with one attached hydrogen (secondary N) is 1. The minimum absolute atomic E-state index is 0.151. The first kappa shape index (κ1) is 22.9. The Morgan fingerprint density at radius 1 is 1.17 bits per heavy atom. The number of ether oxygens (including phenoxy) is 1. The smallest absolute Gasteiger partial charge is 0.224 e. The number of halogens is 2. The van der Waals surface area contributed by atoms with Gasteiger partial charge in [-0.15, -0.1) is 0 Å². The van der Waals surface area contributed by atoms with Gasteiger partial charge in [-0.1, -0.05) is 41.4 Å². The molecule has 0 saturated carbocycles. The fourth-order valence-corrected chi connectivity index (χ4v) is 5.79. The highest BCUT2D eigenvalue weighted by Crippen LogP contribution is 2.29. The first-order valence-electron chi connectivity index (χ1n) is 9.61. The van der Waals surface area contributed by atoms with Crippen LogP contribution in [0, 0.1) is 5.92 Å². The molecule has 1 amide bonds. The minimum atomic E-state index is -3.65. The van der Waals surface area contributed by atoms with Crippen molar-refractivity contribution < 1.29 is 17.9 Å². The van der Waals surface area contributed by atoms with Gasteiger partial charge < -0.3 is 10.1 Å². The van der Waals surface area contributed by atoms with Crippen molar-refractivity contribution in [1.29, 1.82) is 0 Å². The number of sulfonamides is 1. The Hall–Kier alpha value is -1.80. The molecule has 0 spiro atoms. The van der Waals surface area contributed by atoms with E-state index in [4.69, 9.17) is 27.9 Å². The lowest BCUT2D eigenvalue weighted by atomic mass is 9.99. The lowest BCUT2D eigenvalue weighted by Crippen LogP contribution is -2.45. The van der Waals surface area contributed by atoms with Crippen molar-refractivity contribution in [3.05, 3.63) is 63.6 Å². The first-order chi connectivity index (χ1) is 14.3. The maximum absolute atomic E-state index is 12.9. The summed E-state index contributed by atoms with van der Waals surface area (Å²) in [6, 6.07) is 12.3. The summed E-state index contributed by atoms with van der Waals surface area (Å²) in [4.78, 5) is 12.6. The Labute approximate surface area is 187 Å². The van der Waals surface area contributed by atoms with Crippen LogP contribution in [0.4, 0.5) is 0 Å². The van der Waals surface area contributed by atoms with Crippen LogP contribution in [0.3, 0.4) is 0 Å². The summed E-state index contributed by atoms with van der Waals surface area (Å²) in [6.45, 7) is 0.910. The Kier molecular flexibility index (Phi) is 7.63. The van der Waals surface area contributed by atoms with E-state index in [-0.39, 0.29) is 18.2 Å². The normalized spacial score (nSPS) is 17.5. The lowest BCUT2D eigenvalue weighted by molar-refractivity contribution is -0.126. The van der Waals surface area contributed by atoms with Crippen LogP contribution in [0.15, 0.2) is 42.5 Å². The highest BCUT2D eigenvalue weighted by atomic mass is 35.5. The van der Waals surface area contributed by atoms with Crippen molar-refractivity contribution in [3.8, 4) is 5.75 Å². The second-order valence-electron chi connectivity index (χ2n) is 7.22. The molecule has 1 N–H and O–H groups in total. The van der Waals surface area contributed by atoms with Gasteiger partial charge >= 0.3 is 0 Å². The highest BCUT2D eigenvalue weighted by Gasteiger charge is 2.33. The fraction of sp³-hybridized carbons (Fsp3) is 0.381. The van der Waals surface area contributed by atoms with E-state index in [0.717, 1.165) is 11.3 Å². The number of piperidine rings is 1. The second-order valence-corrected chi connectivity index (χ2v) is 10.0. The molecule has 30 heavy (non-hydrogen) atoms. The second kappa shape index (κ2) is 10.0. The molecule has 0 bridgehead atoms. The maximum atomic E-state index is 12.9. The zero-order valence-electron chi connectivity index (χ0n) is 16.6. The third kappa shape index (κ3) is 5.66. The topological polar surface area (TPSA) is 75.7 Å². The third-order valence-corrected chi connectivity index (χ3v) is 7.64. The number of carbonyl (C=O) groups is 1. The summed E-state index contributed by atoms with van der Waals surface area (Å²) in [6.07, 6.45) is 1.27. The van der Waals surface area contributed by atoms with Crippen molar-refractivity contribution in [1.82, 2.24) is 9.62 Å². The average molecular weight is 471 g/mol. The van der Waals surface area contributed by atoms with Crippen molar-refractivity contribution in [3.63, 3.8) is 0 Å². The van der Waals surface area contributed by atoms with Crippen LogP contribution in [0.1, 0.15) is 24.0 Å². The summed E-state index contributed by atoms with van der Waals surface area (Å²) < 4.78 is 32.4. The van der Waals surface area contributed by atoms with E-state index < -0.39 is 15.9 Å². The van der Waals surface area contributed by atoms with Crippen LogP contribution in [-0.2, 0) is 27.1 Å². The molecule has 2 aromatic carbocycles. The van der Waals surface area contributed by atoms with E-state index in [9.17, 15) is 13.2 Å². The van der Waals surface area contributed by atoms with Gasteiger partial charge in [-0.2, -0.15) is 0 Å². The molecule has 3 rings (SSSR count). The molecule has 1 unspecified atom stereocenters. The van der Waals surface area contributed by atoms with Gasteiger partial charge in [0.25, 0.3) is 0 Å². The zero-order valence-corrected chi connectivity index (χ0v) is 18.9. The van der Waals surface area contributed by atoms with E-state index >= 15 is 0 Å². The minimum Gasteiger partial charge on any atom is -0.497 e. The molecule has 162 valence electrons. The van der Waals surface area contributed by atoms with Crippen molar-refractivity contribution >= 4 is 39.1 Å². The molecule has 6 nitrogen and oxygen atoms in total. The lowest BCUT2D eigenvalue weighted by Gasteiger charge is -2.31. The summed E-state index contributed by atoms with van der Waals surface area (Å²) >= 11 is 12.3. The number of benzene rings is 2.